The summed E-state index contributed by atoms with van der Waals surface area (Å²) >= 11 is 0. The van der Waals surface area contributed by atoms with Gasteiger partial charge in [0.05, 0.1) is 11.5 Å². The summed E-state index contributed by atoms with van der Waals surface area (Å²) in [4.78, 5) is 4.07. The molecule has 0 saturated heterocycles. The molecule has 0 spiro atoms. The van der Waals surface area contributed by atoms with Crippen LogP contribution >= 0.6 is 0 Å². The van der Waals surface area contributed by atoms with E-state index in [2.05, 4.69) is 17.0 Å². The molecule has 0 radical (unpaired) electrons. The molecule has 2 rings (SSSR count). The molecule has 80 valence electrons. The minimum atomic E-state index is -0.327. The third-order valence-corrected chi connectivity index (χ3v) is 3.38. The van der Waals surface area contributed by atoms with Crippen LogP contribution in [0.4, 0.5) is 0 Å². The van der Waals surface area contributed by atoms with Crippen LogP contribution in [-0.4, -0.2) is 4.98 Å². The van der Waals surface area contributed by atoms with E-state index in [-0.39, 0.29) is 5.41 Å². The molecule has 2 nitrogen and oxygen atoms in total. The monoisotopic (exact) mass is 210 g/mol. The zero-order valence-electron chi connectivity index (χ0n) is 9.24. The van der Waals surface area contributed by atoms with Gasteiger partial charge in [-0.05, 0) is 30.5 Å². The van der Waals surface area contributed by atoms with Crippen LogP contribution in [0.2, 0.25) is 0 Å². The number of hydrogen-bond acceptors (Lipinski definition) is 2. The lowest BCUT2D eigenvalue weighted by atomic mass is 9.70. The fourth-order valence-electron chi connectivity index (χ4n) is 2.43. The molecule has 1 aromatic heterocycles. The van der Waals surface area contributed by atoms with Crippen molar-refractivity contribution < 1.29 is 0 Å². The molecule has 0 unspecified atom stereocenters. The molecule has 0 N–H and O–H groups in total. The molecule has 2 heteroatoms. The highest BCUT2D eigenvalue weighted by atomic mass is 14.7. The summed E-state index contributed by atoms with van der Waals surface area (Å²) in [7, 11) is 0. The molecule has 16 heavy (non-hydrogen) atoms. The van der Waals surface area contributed by atoms with E-state index in [9.17, 15) is 5.26 Å². The van der Waals surface area contributed by atoms with E-state index in [4.69, 9.17) is 6.42 Å². The maximum absolute atomic E-state index is 9.44. The van der Waals surface area contributed by atoms with Gasteiger partial charge in [0.15, 0.2) is 0 Å². The van der Waals surface area contributed by atoms with Crippen molar-refractivity contribution in [3.63, 3.8) is 0 Å². The Labute approximate surface area is 96.3 Å². The second-order valence-corrected chi connectivity index (χ2v) is 4.33. The number of nitrogens with zero attached hydrogens (tertiary/aromatic N) is 2. The molecular weight excluding hydrogens is 196 g/mol. The van der Waals surface area contributed by atoms with E-state index in [0.717, 1.165) is 31.2 Å². The molecular formula is C14H14N2. The van der Waals surface area contributed by atoms with E-state index in [1.807, 2.05) is 12.1 Å². The van der Waals surface area contributed by atoms with Crippen molar-refractivity contribution in [3.05, 3.63) is 29.6 Å². The van der Waals surface area contributed by atoms with Gasteiger partial charge in [-0.1, -0.05) is 25.2 Å². The van der Waals surface area contributed by atoms with Gasteiger partial charge in [-0.25, -0.2) is 4.98 Å². The Morgan fingerprint density at radius 1 is 1.31 bits per heavy atom. The van der Waals surface area contributed by atoms with Crippen LogP contribution in [-0.2, 0) is 5.41 Å². The van der Waals surface area contributed by atoms with E-state index in [1.54, 1.807) is 6.20 Å². The maximum Gasteiger partial charge on any atom is 0.113 e. The summed E-state index contributed by atoms with van der Waals surface area (Å²) < 4.78 is 0. The van der Waals surface area contributed by atoms with Crippen molar-refractivity contribution in [1.82, 2.24) is 4.98 Å². The molecule has 1 aliphatic rings. The van der Waals surface area contributed by atoms with Crippen molar-refractivity contribution >= 4 is 0 Å². The average molecular weight is 210 g/mol. The van der Waals surface area contributed by atoms with Gasteiger partial charge in [-0.15, -0.1) is 6.42 Å². The number of aromatic nitrogens is 1. The summed E-state index contributed by atoms with van der Waals surface area (Å²) in [5.74, 6) is 2.53. The van der Waals surface area contributed by atoms with Crippen molar-refractivity contribution in [1.29, 1.82) is 5.26 Å². The summed E-state index contributed by atoms with van der Waals surface area (Å²) in [6.45, 7) is 0. The van der Waals surface area contributed by atoms with Crippen molar-refractivity contribution in [2.75, 3.05) is 0 Å². The molecule has 0 atom stereocenters. The van der Waals surface area contributed by atoms with Gasteiger partial charge >= 0.3 is 0 Å². The number of hydrogen-bond donors (Lipinski definition) is 0. The first-order valence-electron chi connectivity index (χ1n) is 5.65. The van der Waals surface area contributed by atoms with Crippen LogP contribution < -0.4 is 0 Å². The fraction of sp³-hybridized carbons (Fsp3) is 0.429. The number of pyridine rings is 1. The van der Waals surface area contributed by atoms with E-state index < -0.39 is 0 Å². The normalized spacial score (nSPS) is 18.4. The summed E-state index contributed by atoms with van der Waals surface area (Å²) in [6, 6.07) is 6.30. The van der Waals surface area contributed by atoms with Gasteiger partial charge in [0, 0.05) is 6.20 Å². The predicted octanol–water partition coefficient (Wildman–Crippen LogP) is 2.79. The van der Waals surface area contributed by atoms with Crippen LogP contribution in [0.1, 0.15) is 43.4 Å². The first kappa shape index (κ1) is 10.7. The minimum Gasteiger partial charge on any atom is -0.248 e. The average Bonchev–Trinajstić information content (AvgIpc) is 2.39. The molecule has 1 saturated carbocycles. The highest BCUT2D eigenvalue weighted by Crippen LogP contribution is 2.38. The lowest BCUT2D eigenvalue weighted by molar-refractivity contribution is 0.365. The van der Waals surface area contributed by atoms with Gasteiger partial charge in [-0.2, -0.15) is 5.26 Å². The van der Waals surface area contributed by atoms with Crippen molar-refractivity contribution in [2.45, 2.75) is 37.5 Å². The van der Waals surface area contributed by atoms with E-state index in [0.29, 0.717) is 5.69 Å². The van der Waals surface area contributed by atoms with E-state index >= 15 is 0 Å². The molecule has 0 aliphatic heterocycles. The Kier molecular flexibility index (Phi) is 2.93. The maximum atomic E-state index is 9.44. The zero-order valence-corrected chi connectivity index (χ0v) is 9.24. The second kappa shape index (κ2) is 4.37. The molecule has 0 amide bonds. The molecule has 0 aromatic carbocycles. The Bertz CT molecular complexity index is 456. The van der Waals surface area contributed by atoms with Crippen LogP contribution in [0.3, 0.4) is 0 Å². The summed E-state index contributed by atoms with van der Waals surface area (Å²) in [5, 5.41) is 9.44. The first-order valence-corrected chi connectivity index (χ1v) is 5.65. The zero-order chi connectivity index (χ0) is 11.4. The number of terminal acetylenes is 1. The lowest BCUT2D eigenvalue weighted by Crippen LogP contribution is -2.27. The third-order valence-electron chi connectivity index (χ3n) is 3.38. The van der Waals surface area contributed by atoms with Crippen molar-refractivity contribution in [3.8, 4) is 18.4 Å². The summed E-state index contributed by atoms with van der Waals surface area (Å²) in [5.41, 5.74) is 1.34. The van der Waals surface area contributed by atoms with Crippen LogP contribution in [0, 0.1) is 23.7 Å². The predicted molar refractivity (Wildman–Crippen MR) is 62.5 cm³/mol. The molecule has 1 aliphatic carbocycles. The standard InChI is InChI=1S/C14H14N2/c1-2-13-10-12(6-9-16-13)14(11-15)7-4-3-5-8-14/h1,6,9-10H,3-5,7-8H2. The van der Waals surface area contributed by atoms with Crippen LogP contribution in [0.15, 0.2) is 18.3 Å². The Morgan fingerprint density at radius 2 is 2.06 bits per heavy atom. The van der Waals surface area contributed by atoms with Gasteiger partial charge in [0.1, 0.15) is 5.69 Å². The van der Waals surface area contributed by atoms with Crippen molar-refractivity contribution in [2.24, 2.45) is 0 Å². The highest BCUT2D eigenvalue weighted by molar-refractivity contribution is 5.37. The highest BCUT2D eigenvalue weighted by Gasteiger charge is 2.34. The Morgan fingerprint density at radius 3 is 2.69 bits per heavy atom. The van der Waals surface area contributed by atoms with E-state index in [1.165, 1.54) is 6.42 Å². The largest absolute Gasteiger partial charge is 0.248 e. The van der Waals surface area contributed by atoms with Crippen LogP contribution in [0.5, 0.6) is 0 Å². The molecule has 0 bridgehead atoms. The summed E-state index contributed by atoms with van der Waals surface area (Å²) in [6.07, 6.45) is 12.4. The third kappa shape index (κ3) is 1.79. The Balaban J connectivity index is 2.40. The van der Waals surface area contributed by atoms with Gasteiger partial charge in [0.25, 0.3) is 0 Å². The number of nitriles is 1. The van der Waals surface area contributed by atoms with Gasteiger partial charge in [-0.3, -0.25) is 0 Å². The first-order chi connectivity index (χ1) is 7.80. The topological polar surface area (TPSA) is 36.7 Å². The second-order valence-electron chi connectivity index (χ2n) is 4.33. The smallest absolute Gasteiger partial charge is 0.113 e. The number of rotatable bonds is 1. The van der Waals surface area contributed by atoms with Crippen LogP contribution in [0.25, 0.3) is 0 Å². The van der Waals surface area contributed by atoms with Gasteiger partial charge < -0.3 is 0 Å². The van der Waals surface area contributed by atoms with Gasteiger partial charge in [0.2, 0.25) is 0 Å². The molecule has 1 aromatic rings. The quantitative estimate of drug-likeness (QED) is 0.668. The lowest BCUT2D eigenvalue weighted by Gasteiger charge is -2.31. The fourth-order valence-corrected chi connectivity index (χ4v) is 2.43. The molecule has 1 heterocycles. The SMILES string of the molecule is C#Cc1cc(C2(C#N)CCCCC2)ccn1. The Hall–Kier alpha value is -1.80. The molecule has 1 fully saturated rings. The minimum absolute atomic E-state index is 0.327.